The molecule has 1 aromatic carbocycles. The fraction of sp³-hybridized carbons (Fsp3) is 0.250. The lowest BCUT2D eigenvalue weighted by Crippen LogP contribution is -2.34. The minimum atomic E-state index is 0.353. The Hall–Kier alpha value is -1.79. The normalized spacial score (nSPS) is 14.2. The Kier molecular flexibility index (Phi) is 3.07. The van der Waals surface area contributed by atoms with E-state index in [0.29, 0.717) is 32.7 Å². The minimum absolute atomic E-state index is 0.353. The van der Waals surface area contributed by atoms with Crippen LogP contribution in [0.2, 0.25) is 10.0 Å². The Morgan fingerprint density at radius 3 is 2.65 bits per heavy atom. The van der Waals surface area contributed by atoms with Crippen LogP contribution in [0.1, 0.15) is 17.0 Å². The Morgan fingerprint density at radius 1 is 1.25 bits per heavy atom. The Labute approximate surface area is 125 Å². The molecule has 2 aromatic rings. The average Bonchev–Trinajstić information content (AvgIpc) is 2.69. The number of benzene rings is 1. The Balaban J connectivity index is 2.09. The van der Waals surface area contributed by atoms with Crippen LogP contribution in [0.5, 0.6) is 0 Å². The van der Waals surface area contributed by atoms with Gasteiger partial charge in [-0.3, -0.25) is 0 Å². The molecular formula is C12H11Cl2N5O. The van der Waals surface area contributed by atoms with E-state index in [1.807, 2.05) is 19.9 Å². The van der Waals surface area contributed by atoms with Crippen LogP contribution in [0.3, 0.4) is 0 Å². The summed E-state index contributed by atoms with van der Waals surface area (Å²) in [6.07, 6.45) is 0. The Morgan fingerprint density at radius 2 is 2.00 bits per heavy atom. The lowest BCUT2D eigenvalue weighted by molar-refractivity contribution is -0.450. The highest BCUT2D eigenvalue weighted by Crippen LogP contribution is 2.34. The van der Waals surface area contributed by atoms with E-state index in [1.165, 1.54) is 5.12 Å². The molecule has 0 amide bonds. The summed E-state index contributed by atoms with van der Waals surface area (Å²) in [5, 5.41) is 22.6. The summed E-state index contributed by atoms with van der Waals surface area (Å²) in [6.45, 7) is 4.12. The summed E-state index contributed by atoms with van der Waals surface area (Å²) < 4.78 is 0. The molecule has 2 heterocycles. The SMILES string of the molecule is Cc1cc(C)n(N2Cc3c(Cl)cc(Cl)cc3[N+]([O-])=N2)n1. The van der Waals surface area contributed by atoms with Crippen LogP contribution in [0.15, 0.2) is 23.4 Å². The number of aromatic nitrogens is 2. The summed E-state index contributed by atoms with van der Waals surface area (Å²) >= 11 is 12.1. The third-order valence-electron chi connectivity index (χ3n) is 3.03. The molecule has 1 aliphatic heterocycles. The Bertz CT molecular complexity index is 725. The van der Waals surface area contributed by atoms with E-state index in [-0.39, 0.29) is 0 Å². The van der Waals surface area contributed by atoms with Crippen LogP contribution < -0.4 is 5.12 Å². The van der Waals surface area contributed by atoms with Gasteiger partial charge in [0, 0.05) is 11.1 Å². The molecule has 0 N–H and O–H groups in total. The zero-order valence-electron chi connectivity index (χ0n) is 10.8. The summed E-state index contributed by atoms with van der Waals surface area (Å²) in [6, 6.07) is 5.07. The second-order valence-electron chi connectivity index (χ2n) is 4.59. The molecule has 0 saturated heterocycles. The minimum Gasteiger partial charge on any atom is -0.691 e. The van der Waals surface area contributed by atoms with Gasteiger partial charge in [0.25, 0.3) is 0 Å². The first-order valence-corrected chi connectivity index (χ1v) is 6.69. The predicted octanol–water partition coefficient (Wildman–Crippen LogP) is 3.47. The van der Waals surface area contributed by atoms with E-state index in [4.69, 9.17) is 23.2 Å². The molecule has 0 atom stereocenters. The van der Waals surface area contributed by atoms with Gasteiger partial charge in [-0.15, -0.1) is 9.96 Å². The van der Waals surface area contributed by atoms with Crippen molar-refractivity contribution in [3.63, 3.8) is 0 Å². The first-order chi connectivity index (χ1) is 9.45. The zero-order chi connectivity index (χ0) is 14.4. The summed E-state index contributed by atoms with van der Waals surface area (Å²) in [5.74, 6) is 0. The lowest BCUT2D eigenvalue weighted by atomic mass is 10.1. The molecule has 0 radical (unpaired) electrons. The first kappa shape index (κ1) is 13.2. The van der Waals surface area contributed by atoms with Crippen molar-refractivity contribution in [2.24, 2.45) is 5.22 Å². The molecule has 0 aliphatic carbocycles. The molecule has 104 valence electrons. The molecule has 8 heteroatoms. The monoisotopic (exact) mass is 311 g/mol. The fourth-order valence-electron chi connectivity index (χ4n) is 2.19. The van der Waals surface area contributed by atoms with Crippen LogP contribution in [0.25, 0.3) is 0 Å². The maximum absolute atomic E-state index is 12.0. The smallest absolute Gasteiger partial charge is 0.168 e. The van der Waals surface area contributed by atoms with Gasteiger partial charge in [0.1, 0.15) is 5.22 Å². The summed E-state index contributed by atoms with van der Waals surface area (Å²) in [7, 11) is 0. The highest BCUT2D eigenvalue weighted by atomic mass is 35.5. The molecule has 0 bridgehead atoms. The molecule has 6 nitrogen and oxygen atoms in total. The zero-order valence-corrected chi connectivity index (χ0v) is 12.4. The molecule has 1 aromatic heterocycles. The van der Waals surface area contributed by atoms with E-state index in [9.17, 15) is 5.21 Å². The van der Waals surface area contributed by atoms with Crippen molar-refractivity contribution in [2.75, 3.05) is 5.12 Å². The maximum Gasteiger partial charge on any atom is 0.168 e. The van der Waals surface area contributed by atoms with Crippen molar-refractivity contribution in [1.82, 2.24) is 9.89 Å². The third-order valence-corrected chi connectivity index (χ3v) is 3.59. The van der Waals surface area contributed by atoms with E-state index in [2.05, 4.69) is 10.3 Å². The maximum atomic E-state index is 12.0. The second-order valence-corrected chi connectivity index (χ2v) is 5.44. The highest BCUT2D eigenvalue weighted by molar-refractivity contribution is 6.35. The molecule has 1 aliphatic rings. The number of halogens is 2. The van der Waals surface area contributed by atoms with Gasteiger partial charge in [0.15, 0.2) is 12.2 Å². The van der Waals surface area contributed by atoms with Crippen molar-refractivity contribution in [2.45, 2.75) is 20.4 Å². The number of rotatable bonds is 1. The molecule has 0 fully saturated rings. The van der Waals surface area contributed by atoms with Gasteiger partial charge in [-0.05, 0) is 31.1 Å². The highest BCUT2D eigenvalue weighted by Gasteiger charge is 2.28. The van der Waals surface area contributed by atoms with Crippen LogP contribution in [-0.4, -0.2) is 14.8 Å². The number of hydrogen-bond acceptors (Lipinski definition) is 4. The van der Waals surface area contributed by atoms with Crippen LogP contribution >= 0.6 is 23.2 Å². The molecule has 0 spiro atoms. The van der Waals surface area contributed by atoms with Crippen molar-refractivity contribution in [3.8, 4) is 0 Å². The summed E-state index contributed by atoms with van der Waals surface area (Å²) in [5.41, 5.74) is 2.77. The van der Waals surface area contributed by atoms with Crippen molar-refractivity contribution in [3.05, 3.63) is 50.4 Å². The number of nitrogens with zero attached hydrogens (tertiary/aromatic N) is 5. The second kappa shape index (κ2) is 4.64. The van der Waals surface area contributed by atoms with Gasteiger partial charge in [0.2, 0.25) is 0 Å². The largest absolute Gasteiger partial charge is 0.691 e. The lowest BCUT2D eigenvalue weighted by Gasteiger charge is -2.22. The van der Waals surface area contributed by atoms with Gasteiger partial charge < -0.3 is 5.21 Å². The molecule has 3 rings (SSSR count). The molecule has 0 saturated carbocycles. The van der Waals surface area contributed by atoms with Crippen LogP contribution in [0.4, 0.5) is 5.69 Å². The fourth-order valence-corrected chi connectivity index (χ4v) is 2.73. The first-order valence-electron chi connectivity index (χ1n) is 5.93. The standard InChI is InChI=1S/C12H11Cl2N5O/c1-7-3-8(2)18(15-7)17-6-10-11(14)4-9(13)5-12(10)19(20)16-17/h3-5H,6H2,1-2H3. The van der Waals surface area contributed by atoms with Crippen molar-refractivity contribution >= 4 is 28.9 Å². The van der Waals surface area contributed by atoms with E-state index in [0.717, 1.165) is 11.4 Å². The average molecular weight is 312 g/mol. The van der Waals surface area contributed by atoms with Crippen LogP contribution in [-0.2, 0) is 6.54 Å². The van der Waals surface area contributed by atoms with Gasteiger partial charge >= 0.3 is 0 Å². The van der Waals surface area contributed by atoms with Crippen molar-refractivity contribution < 1.29 is 4.86 Å². The molecular weight excluding hydrogens is 301 g/mol. The quantitative estimate of drug-likeness (QED) is 0.598. The van der Waals surface area contributed by atoms with E-state index < -0.39 is 0 Å². The number of aryl methyl sites for hydroxylation is 2. The molecule has 0 unspecified atom stereocenters. The van der Waals surface area contributed by atoms with E-state index >= 15 is 0 Å². The molecule has 20 heavy (non-hydrogen) atoms. The topological polar surface area (TPSA) is 59.5 Å². The third kappa shape index (κ3) is 2.10. The van der Waals surface area contributed by atoms with Gasteiger partial charge in [0.05, 0.1) is 22.0 Å². The van der Waals surface area contributed by atoms with Gasteiger partial charge in [-0.1, -0.05) is 28.0 Å². The van der Waals surface area contributed by atoms with Crippen LogP contribution in [0, 0.1) is 19.1 Å². The van der Waals surface area contributed by atoms with Gasteiger partial charge in [-0.2, -0.15) is 0 Å². The van der Waals surface area contributed by atoms with E-state index in [1.54, 1.807) is 16.9 Å². The number of fused-ring (bicyclic) bond motifs is 1. The van der Waals surface area contributed by atoms with Gasteiger partial charge in [-0.25, -0.2) is 0 Å². The predicted molar refractivity (Wildman–Crippen MR) is 75.8 cm³/mol. The number of hydrogen-bond donors (Lipinski definition) is 0. The van der Waals surface area contributed by atoms with Crippen molar-refractivity contribution in [1.29, 1.82) is 0 Å². The summed E-state index contributed by atoms with van der Waals surface area (Å²) in [4.78, 5) is 2.08.